The number of thiophene rings is 1. The second kappa shape index (κ2) is 11.7. The molecule has 3 N–H and O–H groups in total. The van der Waals surface area contributed by atoms with Gasteiger partial charge in [0.1, 0.15) is 11.8 Å². The lowest BCUT2D eigenvalue weighted by molar-refractivity contribution is -0.115. The van der Waals surface area contributed by atoms with Gasteiger partial charge in [-0.3, -0.25) is 10.2 Å². The second-order valence-electron chi connectivity index (χ2n) is 7.36. The summed E-state index contributed by atoms with van der Waals surface area (Å²) in [5.41, 5.74) is 3.00. The molecule has 7 heteroatoms. The first-order chi connectivity index (χ1) is 16.0. The summed E-state index contributed by atoms with van der Waals surface area (Å²) in [4.78, 5) is 14.6. The average molecular weight is 459 g/mol. The van der Waals surface area contributed by atoms with Gasteiger partial charge in [0.25, 0.3) is 0 Å². The van der Waals surface area contributed by atoms with Crippen LogP contribution in [0.15, 0.2) is 77.8 Å². The molecule has 1 aromatic heterocycles. The third kappa shape index (κ3) is 6.31. The molecule has 0 amide bonds. The zero-order chi connectivity index (χ0) is 23.6. The number of nitrogens with one attached hydrogen (secondary N) is 3. The minimum absolute atomic E-state index is 0.143. The Morgan fingerprint density at radius 2 is 2.00 bits per heavy atom. The van der Waals surface area contributed by atoms with E-state index in [1.165, 1.54) is 11.3 Å². The van der Waals surface area contributed by atoms with Crippen molar-refractivity contribution in [3.63, 3.8) is 0 Å². The van der Waals surface area contributed by atoms with Crippen molar-refractivity contribution in [2.45, 2.75) is 19.4 Å². The topological polar surface area (TPSA) is 98.0 Å². The molecule has 1 heterocycles. The number of Topliss-reactive ketones (excluding diaryl/α,β-unsaturated/α-hetero) is 1. The second-order valence-corrected chi connectivity index (χ2v) is 8.30. The van der Waals surface area contributed by atoms with Crippen LogP contribution in [0, 0.1) is 23.7 Å². The fourth-order valence-corrected chi connectivity index (χ4v) is 3.91. The predicted octanol–water partition coefficient (Wildman–Crippen LogP) is 5.24. The highest BCUT2D eigenvalue weighted by Gasteiger charge is 2.27. The Morgan fingerprint density at radius 3 is 2.67 bits per heavy atom. The number of ether oxygens (including phenoxy) is 1. The quantitative estimate of drug-likeness (QED) is 0.207. The molecule has 3 aromatic rings. The lowest BCUT2D eigenvalue weighted by Gasteiger charge is -2.22. The minimum Gasteiger partial charge on any atom is -0.497 e. The van der Waals surface area contributed by atoms with E-state index in [0.29, 0.717) is 23.6 Å². The number of methoxy groups -OCH3 is 1. The third-order valence-electron chi connectivity index (χ3n) is 4.98. The first kappa shape index (κ1) is 23.8. The number of benzene rings is 2. The maximum atomic E-state index is 13.9. The molecule has 0 radical (unpaired) electrons. The molecule has 168 valence electrons. The van der Waals surface area contributed by atoms with Crippen LogP contribution in [0.25, 0.3) is 0 Å². The maximum absolute atomic E-state index is 13.9. The molecule has 6 nitrogen and oxygen atoms in total. The van der Waals surface area contributed by atoms with Gasteiger partial charge in [0, 0.05) is 24.5 Å². The number of rotatable bonds is 11. The summed E-state index contributed by atoms with van der Waals surface area (Å²) in [6.07, 6.45) is 1.85. The zero-order valence-electron chi connectivity index (χ0n) is 18.6. The van der Waals surface area contributed by atoms with E-state index in [-0.39, 0.29) is 17.1 Å². The van der Waals surface area contributed by atoms with Gasteiger partial charge in [0.2, 0.25) is 0 Å². The van der Waals surface area contributed by atoms with E-state index in [9.17, 15) is 4.79 Å². The van der Waals surface area contributed by atoms with E-state index in [4.69, 9.17) is 15.4 Å². The normalized spacial score (nSPS) is 11.8. The number of hydrogen-bond donors (Lipinski definition) is 3. The van der Waals surface area contributed by atoms with Gasteiger partial charge < -0.3 is 15.4 Å². The van der Waals surface area contributed by atoms with Gasteiger partial charge in [-0.15, -0.1) is 11.3 Å². The summed E-state index contributed by atoms with van der Waals surface area (Å²) in [6, 6.07) is 20.2. The average Bonchev–Trinajstić information content (AvgIpc) is 3.38. The van der Waals surface area contributed by atoms with E-state index in [1.807, 2.05) is 73.0 Å². The molecule has 0 aliphatic carbocycles. The number of aryl methyl sites for hydroxylation is 1. The number of hydrogen-bond acceptors (Lipinski definition) is 7. The van der Waals surface area contributed by atoms with Crippen molar-refractivity contribution in [2.24, 2.45) is 0 Å². The van der Waals surface area contributed by atoms with Crippen LogP contribution in [0.1, 0.15) is 28.5 Å². The van der Waals surface area contributed by atoms with Crippen LogP contribution < -0.4 is 15.4 Å². The molecule has 33 heavy (non-hydrogen) atoms. The Kier molecular flexibility index (Phi) is 8.39. The predicted molar refractivity (Wildman–Crippen MR) is 133 cm³/mol. The molecule has 0 fully saturated rings. The smallest absolute Gasteiger partial charge is 0.193 e. The SMILES string of the molecule is COc1cccc(NC(C(=O)/C(=C/NCCC#N)C(=N)c2cccs2)c2ccc(C)cc2)c1. The summed E-state index contributed by atoms with van der Waals surface area (Å²) in [6.45, 7) is 2.39. The zero-order valence-corrected chi connectivity index (χ0v) is 19.4. The highest BCUT2D eigenvalue weighted by atomic mass is 32.1. The van der Waals surface area contributed by atoms with Crippen LogP contribution in [-0.2, 0) is 4.79 Å². The molecule has 0 aliphatic rings. The molecular formula is C26H26N4O2S. The minimum atomic E-state index is -0.720. The van der Waals surface area contributed by atoms with Crippen molar-refractivity contribution in [2.75, 3.05) is 19.0 Å². The number of carbonyl (C=O) groups is 1. The molecule has 1 unspecified atom stereocenters. The Morgan fingerprint density at radius 1 is 1.21 bits per heavy atom. The summed E-state index contributed by atoms with van der Waals surface area (Å²) >= 11 is 1.40. The van der Waals surface area contributed by atoms with Crippen molar-refractivity contribution in [1.82, 2.24) is 5.32 Å². The van der Waals surface area contributed by atoms with E-state index in [0.717, 1.165) is 16.8 Å². The van der Waals surface area contributed by atoms with Gasteiger partial charge in [0.15, 0.2) is 5.78 Å². The number of nitriles is 1. The van der Waals surface area contributed by atoms with Crippen molar-refractivity contribution < 1.29 is 9.53 Å². The van der Waals surface area contributed by atoms with Crippen molar-refractivity contribution in [3.05, 3.63) is 93.8 Å². The van der Waals surface area contributed by atoms with Gasteiger partial charge in [-0.2, -0.15) is 5.26 Å². The van der Waals surface area contributed by atoms with Crippen LogP contribution >= 0.6 is 11.3 Å². The number of nitrogens with zero attached hydrogens (tertiary/aromatic N) is 1. The summed E-state index contributed by atoms with van der Waals surface area (Å²) in [5.74, 6) is 0.430. The molecule has 2 aromatic carbocycles. The number of anilines is 1. The van der Waals surface area contributed by atoms with Gasteiger partial charge in [0.05, 0.1) is 35.8 Å². The Hall–Kier alpha value is -3.89. The maximum Gasteiger partial charge on any atom is 0.193 e. The molecule has 0 saturated heterocycles. The van der Waals surface area contributed by atoms with Crippen LogP contribution in [0.4, 0.5) is 5.69 Å². The Labute approximate surface area is 198 Å². The lowest BCUT2D eigenvalue weighted by atomic mass is 9.93. The van der Waals surface area contributed by atoms with Crippen LogP contribution in [0.2, 0.25) is 0 Å². The number of ketones is 1. The Bertz CT molecular complexity index is 1160. The van der Waals surface area contributed by atoms with Gasteiger partial charge >= 0.3 is 0 Å². The van der Waals surface area contributed by atoms with Crippen molar-refractivity contribution in [3.8, 4) is 11.8 Å². The molecular weight excluding hydrogens is 432 g/mol. The molecule has 0 aliphatic heterocycles. The lowest BCUT2D eigenvalue weighted by Crippen LogP contribution is -2.27. The van der Waals surface area contributed by atoms with Gasteiger partial charge in [-0.1, -0.05) is 42.0 Å². The van der Waals surface area contributed by atoms with Gasteiger partial charge in [-0.25, -0.2) is 0 Å². The van der Waals surface area contributed by atoms with E-state index in [1.54, 1.807) is 13.3 Å². The number of carbonyl (C=O) groups excluding carboxylic acids is 1. The van der Waals surface area contributed by atoms with Crippen LogP contribution in [-0.4, -0.2) is 25.1 Å². The molecule has 0 saturated carbocycles. The Balaban J connectivity index is 2.00. The third-order valence-corrected chi connectivity index (χ3v) is 5.87. The summed E-state index contributed by atoms with van der Waals surface area (Å²) in [7, 11) is 1.60. The standard InChI is InChI=1S/C26H26N4O2S/c1-18-9-11-19(12-10-18)25(30-20-6-3-7-21(16-20)32-2)26(31)22(17-29-14-5-13-27)24(28)23-8-4-15-33-23/h3-4,6-12,15-17,25,28-30H,5,14H2,1-2H3/b22-17+,28-24?. The van der Waals surface area contributed by atoms with E-state index < -0.39 is 6.04 Å². The molecule has 0 spiro atoms. The first-order valence-electron chi connectivity index (χ1n) is 10.5. The van der Waals surface area contributed by atoms with Crippen LogP contribution in [0.5, 0.6) is 5.75 Å². The molecule has 3 rings (SSSR count). The van der Waals surface area contributed by atoms with E-state index >= 15 is 0 Å². The van der Waals surface area contributed by atoms with Crippen molar-refractivity contribution >= 4 is 28.5 Å². The van der Waals surface area contributed by atoms with Crippen LogP contribution in [0.3, 0.4) is 0 Å². The van der Waals surface area contributed by atoms with Gasteiger partial charge in [-0.05, 0) is 36.1 Å². The van der Waals surface area contributed by atoms with Crippen molar-refractivity contribution in [1.29, 1.82) is 10.7 Å². The molecule has 1 atom stereocenters. The molecule has 0 bridgehead atoms. The fraction of sp³-hybridized carbons (Fsp3) is 0.192. The largest absolute Gasteiger partial charge is 0.497 e. The monoisotopic (exact) mass is 458 g/mol. The first-order valence-corrected chi connectivity index (χ1v) is 11.4. The fourth-order valence-electron chi connectivity index (χ4n) is 3.22. The highest BCUT2D eigenvalue weighted by molar-refractivity contribution is 7.12. The summed E-state index contributed by atoms with van der Waals surface area (Å²) in [5, 5.41) is 25.8. The highest BCUT2D eigenvalue weighted by Crippen LogP contribution is 2.27. The summed E-state index contributed by atoms with van der Waals surface area (Å²) < 4.78 is 5.32. The van der Waals surface area contributed by atoms with E-state index in [2.05, 4.69) is 16.7 Å².